The van der Waals surface area contributed by atoms with Gasteiger partial charge in [-0.1, -0.05) is 24.3 Å². The van der Waals surface area contributed by atoms with Crippen molar-refractivity contribution in [3.8, 4) is 0 Å². The number of pyridine rings is 1. The van der Waals surface area contributed by atoms with Gasteiger partial charge < -0.3 is 5.32 Å². The van der Waals surface area contributed by atoms with E-state index in [-0.39, 0.29) is 24.8 Å². The second kappa shape index (κ2) is 6.74. The van der Waals surface area contributed by atoms with Gasteiger partial charge in [-0.2, -0.15) is 0 Å². The van der Waals surface area contributed by atoms with Gasteiger partial charge >= 0.3 is 0 Å². The fourth-order valence-corrected chi connectivity index (χ4v) is 2.13. The van der Waals surface area contributed by atoms with Crippen molar-refractivity contribution in [2.24, 2.45) is 0 Å². The summed E-state index contributed by atoms with van der Waals surface area (Å²) >= 11 is 0. The third kappa shape index (κ3) is 3.02. The number of nitrogens with zero attached hydrogens (tertiary/aromatic N) is 1. The molecule has 1 N–H and O–H groups in total. The van der Waals surface area contributed by atoms with E-state index in [0.717, 1.165) is 25.0 Å². The molecule has 0 amide bonds. The van der Waals surface area contributed by atoms with Crippen molar-refractivity contribution in [2.45, 2.75) is 6.42 Å². The van der Waals surface area contributed by atoms with Crippen LogP contribution in [0.25, 0.3) is 16.5 Å². The van der Waals surface area contributed by atoms with E-state index in [1.54, 1.807) is 0 Å². The lowest BCUT2D eigenvalue weighted by molar-refractivity contribution is 0.738. The van der Waals surface area contributed by atoms with E-state index in [1.807, 2.05) is 12.3 Å². The first-order chi connectivity index (χ1) is 7.93. The van der Waals surface area contributed by atoms with Gasteiger partial charge in [0.15, 0.2) is 0 Å². The Hall–Kier alpha value is -1.09. The minimum absolute atomic E-state index is 0. The Morgan fingerprint density at radius 2 is 1.94 bits per heavy atom. The maximum atomic E-state index is 4.50. The van der Waals surface area contributed by atoms with Crippen LogP contribution in [0.5, 0.6) is 0 Å². The van der Waals surface area contributed by atoms with Crippen LogP contribution in [0.2, 0.25) is 0 Å². The van der Waals surface area contributed by atoms with E-state index < -0.39 is 0 Å². The SMILES string of the molecule is C1=C(c2cnc3ccccc3c2)CCNC1.Cl.Cl. The fourth-order valence-electron chi connectivity index (χ4n) is 2.13. The highest BCUT2D eigenvalue weighted by atomic mass is 35.5. The Labute approximate surface area is 119 Å². The molecule has 2 heterocycles. The largest absolute Gasteiger partial charge is 0.313 e. The highest BCUT2D eigenvalue weighted by molar-refractivity contribution is 5.85. The van der Waals surface area contributed by atoms with Crippen LogP contribution in [0.15, 0.2) is 42.6 Å². The van der Waals surface area contributed by atoms with Crippen LogP contribution < -0.4 is 5.32 Å². The molecule has 0 saturated carbocycles. The smallest absolute Gasteiger partial charge is 0.0702 e. The van der Waals surface area contributed by atoms with Crippen molar-refractivity contribution in [3.05, 3.63) is 48.2 Å². The second-order valence-electron chi connectivity index (χ2n) is 4.10. The molecule has 0 radical (unpaired) electrons. The Morgan fingerprint density at radius 3 is 2.72 bits per heavy atom. The second-order valence-corrected chi connectivity index (χ2v) is 4.10. The average molecular weight is 283 g/mol. The van der Waals surface area contributed by atoms with Crippen LogP contribution in [-0.2, 0) is 0 Å². The Morgan fingerprint density at radius 1 is 1.11 bits per heavy atom. The standard InChI is InChI=1S/C14H14N2.2ClH/c1-2-4-14-12(3-1)9-13(10-16-14)11-5-7-15-8-6-11;;/h1-5,9-10,15H,6-8H2;2*1H. The fraction of sp³-hybridized carbons (Fsp3) is 0.214. The van der Waals surface area contributed by atoms with Crippen LogP contribution >= 0.6 is 24.8 Å². The van der Waals surface area contributed by atoms with Crippen LogP contribution in [0.4, 0.5) is 0 Å². The van der Waals surface area contributed by atoms with Crippen molar-refractivity contribution >= 4 is 41.3 Å². The molecule has 0 spiro atoms. The van der Waals surface area contributed by atoms with Crippen LogP contribution in [0.1, 0.15) is 12.0 Å². The highest BCUT2D eigenvalue weighted by Crippen LogP contribution is 2.22. The third-order valence-corrected chi connectivity index (χ3v) is 3.03. The van der Waals surface area contributed by atoms with Gasteiger partial charge in [0.2, 0.25) is 0 Å². The lowest BCUT2D eigenvalue weighted by Crippen LogP contribution is -2.20. The summed E-state index contributed by atoms with van der Waals surface area (Å²) in [6.45, 7) is 2.04. The molecule has 2 nitrogen and oxygen atoms in total. The molecule has 1 aromatic heterocycles. The molecule has 96 valence electrons. The van der Waals surface area contributed by atoms with Gasteiger partial charge in [0.25, 0.3) is 0 Å². The predicted molar refractivity (Wildman–Crippen MR) is 81.7 cm³/mol. The molecule has 2 aromatic rings. The summed E-state index contributed by atoms with van der Waals surface area (Å²) in [5.41, 5.74) is 3.75. The Bertz CT molecular complexity index is 552. The highest BCUT2D eigenvalue weighted by Gasteiger charge is 2.06. The van der Waals surface area contributed by atoms with Crippen LogP contribution in [0.3, 0.4) is 0 Å². The predicted octanol–water partition coefficient (Wildman–Crippen LogP) is 3.46. The number of hydrogen-bond acceptors (Lipinski definition) is 2. The van der Waals surface area contributed by atoms with Crippen LogP contribution in [0, 0.1) is 0 Å². The van der Waals surface area contributed by atoms with Crippen molar-refractivity contribution < 1.29 is 0 Å². The molecule has 0 saturated heterocycles. The molecule has 4 heteroatoms. The number of para-hydroxylation sites is 1. The summed E-state index contributed by atoms with van der Waals surface area (Å²) in [6, 6.07) is 10.5. The van der Waals surface area contributed by atoms with Crippen LogP contribution in [-0.4, -0.2) is 18.1 Å². The number of nitrogens with one attached hydrogen (secondary N) is 1. The molecule has 3 rings (SSSR count). The summed E-state index contributed by atoms with van der Waals surface area (Å²) in [7, 11) is 0. The maximum absolute atomic E-state index is 4.50. The van der Waals surface area contributed by atoms with Gasteiger partial charge in [-0.25, -0.2) is 0 Å². The van der Waals surface area contributed by atoms with E-state index >= 15 is 0 Å². The Balaban J connectivity index is 0.000000810. The summed E-state index contributed by atoms with van der Waals surface area (Å²) in [4.78, 5) is 4.50. The summed E-state index contributed by atoms with van der Waals surface area (Å²) in [5, 5.41) is 4.55. The average Bonchev–Trinajstić information content (AvgIpc) is 2.39. The van der Waals surface area contributed by atoms with Gasteiger partial charge in [0.05, 0.1) is 5.52 Å². The van der Waals surface area contributed by atoms with Crippen molar-refractivity contribution in [1.29, 1.82) is 0 Å². The first kappa shape index (κ1) is 15.0. The number of rotatable bonds is 1. The quantitative estimate of drug-likeness (QED) is 0.867. The van der Waals surface area contributed by atoms with Crippen molar-refractivity contribution in [3.63, 3.8) is 0 Å². The Kier molecular flexibility index (Phi) is 5.60. The van der Waals surface area contributed by atoms with Gasteiger partial charge in [0, 0.05) is 18.1 Å². The summed E-state index contributed by atoms with van der Waals surface area (Å²) in [6.07, 6.45) is 5.34. The molecular formula is C14H16Cl2N2. The van der Waals surface area contributed by atoms with E-state index in [4.69, 9.17) is 0 Å². The molecule has 1 aromatic carbocycles. The van der Waals surface area contributed by atoms with E-state index in [9.17, 15) is 0 Å². The molecule has 18 heavy (non-hydrogen) atoms. The van der Waals surface area contributed by atoms with Crippen molar-refractivity contribution in [1.82, 2.24) is 10.3 Å². The number of fused-ring (bicyclic) bond motifs is 1. The zero-order valence-corrected chi connectivity index (χ0v) is 11.6. The molecule has 0 atom stereocenters. The van der Waals surface area contributed by atoms with E-state index in [2.05, 4.69) is 40.6 Å². The lowest BCUT2D eigenvalue weighted by atomic mass is 10.0. The summed E-state index contributed by atoms with van der Waals surface area (Å²) in [5.74, 6) is 0. The maximum Gasteiger partial charge on any atom is 0.0702 e. The molecule has 0 aliphatic carbocycles. The zero-order valence-electron chi connectivity index (χ0n) is 9.93. The molecule has 0 unspecified atom stereocenters. The molecule has 1 aliphatic rings. The number of benzene rings is 1. The first-order valence-electron chi connectivity index (χ1n) is 5.68. The first-order valence-corrected chi connectivity index (χ1v) is 5.68. The molecule has 0 fully saturated rings. The van der Waals surface area contributed by atoms with E-state index in [1.165, 1.54) is 16.5 Å². The summed E-state index contributed by atoms with van der Waals surface area (Å²) < 4.78 is 0. The monoisotopic (exact) mass is 282 g/mol. The molecule has 0 bridgehead atoms. The molecular weight excluding hydrogens is 267 g/mol. The van der Waals surface area contributed by atoms with Gasteiger partial charge in [-0.15, -0.1) is 24.8 Å². The number of hydrogen-bond donors (Lipinski definition) is 1. The van der Waals surface area contributed by atoms with E-state index in [0.29, 0.717) is 0 Å². The van der Waals surface area contributed by atoms with Gasteiger partial charge in [0.1, 0.15) is 0 Å². The topological polar surface area (TPSA) is 24.9 Å². The molecule has 1 aliphatic heterocycles. The third-order valence-electron chi connectivity index (χ3n) is 3.03. The number of aromatic nitrogens is 1. The normalized spacial score (nSPS) is 14.3. The minimum Gasteiger partial charge on any atom is -0.313 e. The van der Waals surface area contributed by atoms with Gasteiger partial charge in [-0.3, -0.25) is 4.98 Å². The van der Waals surface area contributed by atoms with Gasteiger partial charge in [-0.05, 0) is 36.2 Å². The zero-order chi connectivity index (χ0) is 10.8. The minimum atomic E-state index is 0. The number of halogens is 2. The van der Waals surface area contributed by atoms with Crippen molar-refractivity contribution in [2.75, 3.05) is 13.1 Å². The lowest BCUT2D eigenvalue weighted by Gasteiger charge is -2.14.